The van der Waals surface area contributed by atoms with Crippen molar-refractivity contribution < 1.29 is 17.9 Å². The van der Waals surface area contributed by atoms with Gasteiger partial charge >= 0.3 is 0 Å². The minimum atomic E-state index is -3.61. The molecule has 1 heterocycles. The van der Waals surface area contributed by atoms with Gasteiger partial charge in [-0.25, -0.2) is 8.42 Å². The van der Waals surface area contributed by atoms with Crippen molar-refractivity contribution in [1.82, 2.24) is 9.21 Å². The third-order valence-electron chi connectivity index (χ3n) is 5.98. The summed E-state index contributed by atoms with van der Waals surface area (Å²) >= 11 is 0. The third kappa shape index (κ3) is 5.99. The first kappa shape index (κ1) is 23.6. The minimum Gasteiger partial charge on any atom is -0.493 e. The summed E-state index contributed by atoms with van der Waals surface area (Å²) in [5.41, 5.74) is 0.864. The molecule has 0 spiro atoms. The Bertz CT molecular complexity index is 934. The maximum atomic E-state index is 13.4. The molecule has 1 atom stereocenters. The number of hydrogen-bond donors (Lipinski definition) is 0. The van der Waals surface area contributed by atoms with Crippen LogP contribution in [0.1, 0.15) is 38.2 Å². The Balaban J connectivity index is 1.79. The van der Waals surface area contributed by atoms with Gasteiger partial charge in [0.1, 0.15) is 0 Å². The van der Waals surface area contributed by atoms with Crippen molar-refractivity contribution in [3.8, 4) is 11.5 Å². The molecule has 0 saturated carbocycles. The average Bonchev–Trinajstić information content (AvgIpc) is 2.80. The molecular formula is C24H34N2O4S. The van der Waals surface area contributed by atoms with E-state index in [1.807, 2.05) is 24.3 Å². The van der Waals surface area contributed by atoms with Crippen LogP contribution in [0.25, 0.3) is 0 Å². The molecule has 0 aliphatic carbocycles. The zero-order valence-corrected chi connectivity index (χ0v) is 19.6. The second-order valence-electron chi connectivity index (χ2n) is 8.08. The van der Waals surface area contributed by atoms with E-state index in [0.29, 0.717) is 29.0 Å². The lowest BCUT2D eigenvalue weighted by atomic mass is 10.0. The molecule has 0 N–H and O–H groups in total. The minimum absolute atomic E-state index is 0.285. The topological polar surface area (TPSA) is 59.1 Å². The lowest BCUT2D eigenvalue weighted by Crippen LogP contribution is -2.40. The first-order chi connectivity index (χ1) is 15.0. The van der Waals surface area contributed by atoms with E-state index in [1.54, 1.807) is 42.8 Å². The summed E-state index contributed by atoms with van der Waals surface area (Å²) < 4.78 is 39.1. The van der Waals surface area contributed by atoms with Crippen LogP contribution in [0.4, 0.5) is 0 Å². The predicted molar refractivity (Wildman–Crippen MR) is 123 cm³/mol. The van der Waals surface area contributed by atoms with Crippen LogP contribution in [0.15, 0.2) is 53.4 Å². The van der Waals surface area contributed by atoms with Gasteiger partial charge in [0.05, 0.1) is 19.1 Å². The second kappa shape index (κ2) is 11.0. The summed E-state index contributed by atoms with van der Waals surface area (Å²) in [6.07, 6.45) is 4.52. The molecule has 1 aliphatic rings. The van der Waals surface area contributed by atoms with Crippen molar-refractivity contribution in [3.05, 3.63) is 54.1 Å². The number of piperidine rings is 1. The fourth-order valence-electron chi connectivity index (χ4n) is 4.15. The van der Waals surface area contributed by atoms with Gasteiger partial charge in [-0.05, 0) is 69.1 Å². The predicted octanol–water partition coefficient (Wildman–Crippen LogP) is 4.16. The number of benzene rings is 2. The molecule has 1 fully saturated rings. The van der Waals surface area contributed by atoms with Gasteiger partial charge < -0.3 is 14.4 Å². The van der Waals surface area contributed by atoms with Gasteiger partial charge in [-0.3, -0.25) is 0 Å². The maximum Gasteiger partial charge on any atom is 0.243 e. The summed E-state index contributed by atoms with van der Waals surface area (Å²) in [4.78, 5) is 2.80. The third-order valence-corrected chi connectivity index (χ3v) is 7.84. The molecule has 0 aromatic heterocycles. The molecule has 0 radical (unpaired) electrons. The first-order valence-electron chi connectivity index (χ1n) is 11.0. The van der Waals surface area contributed by atoms with Crippen LogP contribution in [0.3, 0.4) is 0 Å². The molecule has 2 aromatic rings. The Labute approximate surface area is 186 Å². The van der Waals surface area contributed by atoms with E-state index >= 15 is 0 Å². The highest BCUT2D eigenvalue weighted by Crippen LogP contribution is 2.29. The Morgan fingerprint density at radius 2 is 1.77 bits per heavy atom. The Morgan fingerprint density at radius 3 is 2.45 bits per heavy atom. The highest BCUT2D eigenvalue weighted by molar-refractivity contribution is 7.89. The quantitative estimate of drug-likeness (QED) is 0.549. The highest BCUT2D eigenvalue weighted by atomic mass is 32.2. The van der Waals surface area contributed by atoms with E-state index in [-0.39, 0.29) is 6.54 Å². The van der Waals surface area contributed by atoms with E-state index < -0.39 is 10.0 Å². The van der Waals surface area contributed by atoms with Gasteiger partial charge in [-0.2, -0.15) is 4.31 Å². The van der Waals surface area contributed by atoms with Gasteiger partial charge in [0.25, 0.3) is 0 Å². The van der Waals surface area contributed by atoms with Gasteiger partial charge in [0.15, 0.2) is 11.5 Å². The molecular weight excluding hydrogens is 412 g/mol. The number of methoxy groups -OCH3 is 2. The van der Waals surface area contributed by atoms with Crippen LogP contribution in [-0.2, 0) is 16.6 Å². The molecule has 0 bridgehead atoms. The average molecular weight is 447 g/mol. The van der Waals surface area contributed by atoms with E-state index in [1.165, 1.54) is 19.3 Å². The maximum absolute atomic E-state index is 13.4. The van der Waals surface area contributed by atoms with Crippen molar-refractivity contribution in [1.29, 1.82) is 0 Å². The van der Waals surface area contributed by atoms with Gasteiger partial charge in [0.2, 0.25) is 10.0 Å². The van der Waals surface area contributed by atoms with Crippen LogP contribution in [0.2, 0.25) is 0 Å². The summed E-state index contributed by atoms with van der Waals surface area (Å²) in [6, 6.07) is 14.8. The fraction of sp³-hybridized carbons (Fsp3) is 0.500. The van der Waals surface area contributed by atoms with Crippen molar-refractivity contribution in [2.75, 3.05) is 33.9 Å². The van der Waals surface area contributed by atoms with Gasteiger partial charge in [-0.15, -0.1) is 0 Å². The van der Waals surface area contributed by atoms with Crippen LogP contribution in [0.5, 0.6) is 11.5 Å². The molecule has 6 nitrogen and oxygen atoms in total. The lowest BCUT2D eigenvalue weighted by Gasteiger charge is -2.34. The molecule has 1 saturated heterocycles. The molecule has 1 aliphatic heterocycles. The molecule has 3 rings (SSSR count). The Hall–Kier alpha value is -2.09. The van der Waals surface area contributed by atoms with Gasteiger partial charge in [0, 0.05) is 19.1 Å². The van der Waals surface area contributed by atoms with Crippen molar-refractivity contribution in [3.63, 3.8) is 0 Å². The number of ether oxygens (including phenoxy) is 2. The van der Waals surface area contributed by atoms with E-state index in [0.717, 1.165) is 25.1 Å². The van der Waals surface area contributed by atoms with Crippen molar-refractivity contribution in [2.45, 2.75) is 50.1 Å². The number of sulfonamides is 1. The smallest absolute Gasteiger partial charge is 0.243 e. The monoisotopic (exact) mass is 446 g/mol. The largest absolute Gasteiger partial charge is 0.493 e. The van der Waals surface area contributed by atoms with Crippen molar-refractivity contribution >= 4 is 10.0 Å². The van der Waals surface area contributed by atoms with Crippen molar-refractivity contribution in [2.24, 2.45) is 0 Å². The van der Waals surface area contributed by atoms with Crippen LogP contribution < -0.4 is 9.47 Å². The Kier molecular flexibility index (Phi) is 8.35. The molecule has 7 heteroatoms. The van der Waals surface area contributed by atoms with E-state index in [9.17, 15) is 8.42 Å². The highest BCUT2D eigenvalue weighted by Gasteiger charge is 2.25. The lowest BCUT2D eigenvalue weighted by molar-refractivity contribution is 0.155. The van der Waals surface area contributed by atoms with E-state index in [4.69, 9.17) is 9.47 Å². The second-order valence-corrected chi connectivity index (χ2v) is 10.0. The molecule has 2 aromatic carbocycles. The molecule has 0 amide bonds. The summed E-state index contributed by atoms with van der Waals surface area (Å²) in [5, 5.41) is 0. The zero-order valence-electron chi connectivity index (χ0n) is 18.8. The van der Waals surface area contributed by atoms with Crippen LogP contribution in [0, 0.1) is 0 Å². The van der Waals surface area contributed by atoms with Crippen LogP contribution >= 0.6 is 0 Å². The zero-order chi connectivity index (χ0) is 22.3. The summed E-state index contributed by atoms with van der Waals surface area (Å²) in [6.45, 7) is 5.03. The number of likely N-dealkylation sites (tertiary alicyclic amines) is 1. The first-order valence-corrected chi connectivity index (χ1v) is 12.4. The fourth-order valence-corrected chi connectivity index (χ4v) is 5.64. The molecule has 170 valence electrons. The van der Waals surface area contributed by atoms with Gasteiger partial charge in [-0.1, -0.05) is 30.7 Å². The van der Waals surface area contributed by atoms with E-state index in [2.05, 4.69) is 11.8 Å². The Morgan fingerprint density at radius 1 is 1.03 bits per heavy atom. The number of hydrogen-bond acceptors (Lipinski definition) is 5. The summed E-state index contributed by atoms with van der Waals surface area (Å²) in [5.74, 6) is 1.22. The summed E-state index contributed by atoms with van der Waals surface area (Å²) in [7, 11) is -0.436. The SMILES string of the molecule is COc1ccc(CN(CCCN2CCCCC2C)S(=O)(=O)c2ccccc2)cc1OC. The molecule has 31 heavy (non-hydrogen) atoms. The van der Waals surface area contributed by atoms with Crippen LogP contribution in [-0.4, -0.2) is 57.5 Å². The number of nitrogens with zero attached hydrogens (tertiary/aromatic N) is 2. The number of rotatable bonds is 10. The normalized spacial score (nSPS) is 17.6. The molecule has 1 unspecified atom stereocenters. The standard InChI is InChI=1S/C24H34N2O4S/c1-20-10-7-8-15-25(20)16-9-17-26(31(27,28)22-11-5-4-6-12-22)19-21-13-14-23(29-2)24(18-21)30-3/h4-6,11-14,18,20H,7-10,15-17,19H2,1-3H3.